The number of halogens is 1. The Morgan fingerprint density at radius 2 is 1.86 bits per heavy atom. The summed E-state index contributed by atoms with van der Waals surface area (Å²) in [6.07, 6.45) is 0. The Hall–Kier alpha value is -1.98. The van der Waals surface area contributed by atoms with Crippen LogP contribution in [0.15, 0.2) is 30.3 Å². The number of hydrogen-bond acceptors (Lipinski definition) is 5. The lowest BCUT2D eigenvalue weighted by Gasteiger charge is -2.10. The maximum absolute atomic E-state index is 6.20. The van der Waals surface area contributed by atoms with Gasteiger partial charge in [-0.3, -0.25) is 0 Å². The van der Waals surface area contributed by atoms with Crippen molar-refractivity contribution in [2.24, 2.45) is 0 Å². The number of ether oxygens (including phenoxy) is 2. The van der Waals surface area contributed by atoms with Crippen molar-refractivity contribution in [3.8, 4) is 22.1 Å². The molecule has 0 amide bonds. The van der Waals surface area contributed by atoms with E-state index in [9.17, 15) is 0 Å². The van der Waals surface area contributed by atoms with Crippen LogP contribution in [0.5, 0.6) is 11.5 Å². The largest absolute Gasteiger partial charge is 0.493 e. The van der Waals surface area contributed by atoms with Crippen LogP contribution in [0, 0.1) is 0 Å². The third kappa shape index (κ3) is 2.39. The van der Waals surface area contributed by atoms with Crippen LogP contribution in [0.2, 0.25) is 5.02 Å². The zero-order valence-electron chi connectivity index (χ0n) is 11.5. The molecule has 0 unspecified atom stereocenters. The average molecular weight is 321 g/mol. The summed E-state index contributed by atoms with van der Waals surface area (Å²) >= 11 is 7.70. The maximum atomic E-state index is 6.20. The van der Waals surface area contributed by atoms with Crippen molar-refractivity contribution in [1.82, 2.24) is 4.98 Å². The first kappa shape index (κ1) is 14.0. The van der Waals surface area contributed by atoms with Crippen LogP contribution in [0.3, 0.4) is 0 Å². The predicted molar refractivity (Wildman–Crippen MR) is 87.6 cm³/mol. The van der Waals surface area contributed by atoms with Gasteiger partial charge in [-0.25, -0.2) is 4.98 Å². The highest BCUT2D eigenvalue weighted by molar-refractivity contribution is 7.22. The van der Waals surface area contributed by atoms with E-state index in [1.54, 1.807) is 20.3 Å². The number of nitrogen functional groups attached to an aromatic ring is 1. The summed E-state index contributed by atoms with van der Waals surface area (Å²) in [5.74, 6) is 1.21. The summed E-state index contributed by atoms with van der Waals surface area (Å²) < 4.78 is 11.5. The molecule has 0 saturated heterocycles. The third-order valence-electron chi connectivity index (χ3n) is 3.15. The normalized spacial score (nSPS) is 10.8. The number of methoxy groups -OCH3 is 2. The van der Waals surface area contributed by atoms with Crippen LogP contribution in [0.4, 0.5) is 5.69 Å². The van der Waals surface area contributed by atoms with Gasteiger partial charge in [-0.15, -0.1) is 11.3 Å². The van der Waals surface area contributed by atoms with Gasteiger partial charge in [0.05, 0.1) is 29.5 Å². The predicted octanol–water partition coefficient (Wildman–Crippen LogP) is 4.22. The van der Waals surface area contributed by atoms with E-state index < -0.39 is 0 Å². The highest BCUT2D eigenvalue weighted by atomic mass is 35.5. The molecule has 0 spiro atoms. The van der Waals surface area contributed by atoms with Crippen molar-refractivity contribution in [3.63, 3.8) is 0 Å². The molecule has 108 valence electrons. The smallest absolute Gasteiger partial charge is 0.162 e. The van der Waals surface area contributed by atoms with E-state index in [-0.39, 0.29) is 0 Å². The molecule has 0 bridgehead atoms. The second kappa shape index (κ2) is 5.42. The molecule has 2 N–H and O–H groups in total. The maximum Gasteiger partial charge on any atom is 0.162 e. The van der Waals surface area contributed by atoms with Gasteiger partial charge in [0.15, 0.2) is 11.5 Å². The Morgan fingerprint density at radius 1 is 1.14 bits per heavy atom. The van der Waals surface area contributed by atoms with E-state index in [1.165, 1.54) is 11.3 Å². The minimum Gasteiger partial charge on any atom is -0.493 e. The van der Waals surface area contributed by atoms with E-state index in [4.69, 9.17) is 26.8 Å². The van der Waals surface area contributed by atoms with Crippen LogP contribution in [0.25, 0.3) is 20.8 Å². The molecule has 21 heavy (non-hydrogen) atoms. The van der Waals surface area contributed by atoms with Crippen LogP contribution in [0.1, 0.15) is 0 Å². The van der Waals surface area contributed by atoms with Crippen LogP contribution >= 0.6 is 22.9 Å². The molecule has 2 aromatic carbocycles. The number of nitrogens with two attached hydrogens (primary N) is 1. The topological polar surface area (TPSA) is 57.4 Å². The highest BCUT2D eigenvalue weighted by Gasteiger charge is 2.15. The standard InChI is InChI=1S/C15H13ClN2O2S/c1-19-12-6-8(10(17)7-13(12)20-2)15-18-11-5-3-4-9(16)14(11)21-15/h3-7H,17H2,1-2H3. The van der Waals surface area contributed by atoms with E-state index in [2.05, 4.69) is 4.98 Å². The minimum absolute atomic E-state index is 0.586. The molecule has 6 heteroatoms. The quantitative estimate of drug-likeness (QED) is 0.734. The van der Waals surface area contributed by atoms with Gasteiger partial charge in [-0.2, -0.15) is 0 Å². The van der Waals surface area contributed by atoms with Gasteiger partial charge in [0, 0.05) is 17.3 Å². The molecule has 0 aliphatic carbocycles. The molecule has 1 heterocycles. The third-order valence-corrected chi connectivity index (χ3v) is 4.72. The Morgan fingerprint density at radius 3 is 2.52 bits per heavy atom. The van der Waals surface area contributed by atoms with E-state index in [1.807, 2.05) is 24.3 Å². The number of anilines is 1. The van der Waals surface area contributed by atoms with Gasteiger partial charge in [-0.1, -0.05) is 17.7 Å². The number of fused-ring (bicyclic) bond motifs is 1. The van der Waals surface area contributed by atoms with Gasteiger partial charge >= 0.3 is 0 Å². The number of rotatable bonds is 3. The number of benzene rings is 2. The molecule has 3 aromatic rings. The lowest BCUT2D eigenvalue weighted by Crippen LogP contribution is -1.95. The number of thiazole rings is 1. The first-order valence-electron chi connectivity index (χ1n) is 6.21. The van der Waals surface area contributed by atoms with E-state index in [0.717, 1.165) is 20.8 Å². The molecule has 0 aliphatic rings. The summed E-state index contributed by atoms with van der Waals surface area (Å²) in [5, 5.41) is 1.49. The summed E-state index contributed by atoms with van der Waals surface area (Å²) in [6, 6.07) is 9.23. The fraction of sp³-hybridized carbons (Fsp3) is 0.133. The van der Waals surface area contributed by atoms with Crippen LogP contribution < -0.4 is 15.2 Å². The van der Waals surface area contributed by atoms with Crippen molar-refractivity contribution in [3.05, 3.63) is 35.4 Å². The fourth-order valence-corrected chi connectivity index (χ4v) is 3.40. The Kier molecular flexibility index (Phi) is 3.61. The fourth-order valence-electron chi connectivity index (χ4n) is 2.11. The van der Waals surface area contributed by atoms with Crippen molar-refractivity contribution in [2.75, 3.05) is 20.0 Å². The number of hydrogen-bond donors (Lipinski definition) is 1. The average Bonchev–Trinajstić information content (AvgIpc) is 2.92. The lowest BCUT2D eigenvalue weighted by atomic mass is 10.1. The molecule has 0 radical (unpaired) electrons. The highest BCUT2D eigenvalue weighted by Crippen LogP contribution is 2.41. The SMILES string of the molecule is COc1cc(N)c(-c2nc3cccc(Cl)c3s2)cc1OC. The van der Waals surface area contributed by atoms with Crippen molar-refractivity contribution in [1.29, 1.82) is 0 Å². The van der Waals surface area contributed by atoms with Crippen LogP contribution in [-0.4, -0.2) is 19.2 Å². The number of nitrogens with zero attached hydrogens (tertiary/aromatic N) is 1. The molecular weight excluding hydrogens is 308 g/mol. The summed E-state index contributed by atoms with van der Waals surface area (Å²) in [7, 11) is 3.17. The van der Waals surface area contributed by atoms with Crippen molar-refractivity contribution in [2.45, 2.75) is 0 Å². The van der Waals surface area contributed by atoms with Crippen molar-refractivity contribution >= 4 is 38.8 Å². The van der Waals surface area contributed by atoms with Gasteiger partial charge in [0.1, 0.15) is 5.01 Å². The zero-order chi connectivity index (χ0) is 15.0. The molecule has 0 saturated carbocycles. The molecule has 3 rings (SSSR count). The first-order valence-corrected chi connectivity index (χ1v) is 7.40. The second-order valence-corrected chi connectivity index (χ2v) is 5.81. The van der Waals surface area contributed by atoms with Gasteiger partial charge in [0.2, 0.25) is 0 Å². The van der Waals surface area contributed by atoms with E-state index >= 15 is 0 Å². The van der Waals surface area contributed by atoms with Crippen molar-refractivity contribution < 1.29 is 9.47 Å². The number of aromatic nitrogens is 1. The Balaban J connectivity index is 2.20. The Labute approximate surface area is 131 Å². The first-order chi connectivity index (χ1) is 10.1. The van der Waals surface area contributed by atoms with Gasteiger partial charge in [0.25, 0.3) is 0 Å². The van der Waals surface area contributed by atoms with Crippen LogP contribution in [-0.2, 0) is 0 Å². The van der Waals surface area contributed by atoms with Gasteiger partial charge < -0.3 is 15.2 Å². The molecule has 0 atom stereocenters. The molecule has 0 aliphatic heterocycles. The van der Waals surface area contributed by atoms with E-state index in [0.29, 0.717) is 22.2 Å². The lowest BCUT2D eigenvalue weighted by molar-refractivity contribution is 0.355. The summed E-state index contributed by atoms with van der Waals surface area (Å²) in [4.78, 5) is 4.59. The Bertz CT molecular complexity index is 817. The second-order valence-electron chi connectivity index (χ2n) is 4.40. The summed E-state index contributed by atoms with van der Waals surface area (Å²) in [6.45, 7) is 0. The van der Waals surface area contributed by atoms with Gasteiger partial charge in [-0.05, 0) is 18.2 Å². The monoisotopic (exact) mass is 320 g/mol. The zero-order valence-corrected chi connectivity index (χ0v) is 13.1. The minimum atomic E-state index is 0.586. The molecule has 4 nitrogen and oxygen atoms in total. The molecular formula is C15H13ClN2O2S. The molecule has 1 aromatic heterocycles. The summed E-state index contributed by atoms with van der Waals surface area (Å²) in [5.41, 5.74) is 8.36. The molecule has 0 fully saturated rings.